The van der Waals surface area contributed by atoms with Crippen LogP contribution in [0.3, 0.4) is 0 Å². The van der Waals surface area contributed by atoms with Gasteiger partial charge < -0.3 is 10.1 Å². The summed E-state index contributed by atoms with van der Waals surface area (Å²) in [5, 5.41) is 2.79. The van der Waals surface area contributed by atoms with Gasteiger partial charge in [-0.25, -0.2) is 0 Å². The molecule has 2 rings (SSSR count). The van der Waals surface area contributed by atoms with Gasteiger partial charge in [-0.15, -0.1) is 0 Å². The van der Waals surface area contributed by atoms with Crippen LogP contribution in [-0.2, 0) is 0 Å². The maximum Gasteiger partial charge on any atom is 0.118 e. The summed E-state index contributed by atoms with van der Waals surface area (Å²) in [5.41, 5.74) is 2.90. The van der Waals surface area contributed by atoms with Crippen LogP contribution in [0.5, 0.6) is 5.75 Å². The largest absolute Gasteiger partial charge is 0.497 e. The van der Waals surface area contributed by atoms with Gasteiger partial charge in [0, 0.05) is 29.8 Å². The number of benzene rings is 2. The minimum Gasteiger partial charge on any atom is -0.497 e. The number of ether oxygens (including phenoxy) is 1. The molecule has 0 heterocycles. The lowest BCUT2D eigenvalue weighted by Gasteiger charge is -1.97. The van der Waals surface area contributed by atoms with Crippen molar-refractivity contribution in [3.05, 3.63) is 65.2 Å². The van der Waals surface area contributed by atoms with Crippen LogP contribution < -0.4 is 10.1 Å². The molecule has 0 aliphatic heterocycles. The second-order valence-electron chi connectivity index (χ2n) is 4.06. The van der Waals surface area contributed by atoms with Gasteiger partial charge in [-0.05, 0) is 54.5 Å². The lowest BCUT2D eigenvalue weighted by Crippen LogP contribution is -1.92. The molecule has 20 heavy (non-hydrogen) atoms. The van der Waals surface area contributed by atoms with Crippen molar-refractivity contribution in [2.24, 2.45) is 0 Å². The summed E-state index contributed by atoms with van der Waals surface area (Å²) >= 11 is 0. The number of nitrogens with one attached hydrogen (secondary N) is 1. The average Bonchev–Trinajstić information content (AvgIpc) is 2.52. The van der Waals surface area contributed by atoms with E-state index in [4.69, 9.17) is 4.74 Å². The smallest absolute Gasteiger partial charge is 0.118 e. The Labute approximate surface area is 119 Å². The maximum atomic E-state index is 5.11. The molecule has 0 aromatic heterocycles. The Morgan fingerprint density at radius 3 is 1.65 bits per heavy atom. The Hall–Kier alpha value is -2.84. The van der Waals surface area contributed by atoms with Crippen LogP contribution >= 0.6 is 0 Å². The zero-order valence-electron chi connectivity index (χ0n) is 11.5. The molecule has 2 heteroatoms. The predicted octanol–water partition coefficient (Wildman–Crippen LogP) is 2.62. The summed E-state index contributed by atoms with van der Waals surface area (Å²) in [5.74, 6) is 10.1. The number of hydrogen-bond donors (Lipinski definition) is 1. The predicted molar refractivity (Wildman–Crippen MR) is 81.4 cm³/mol. The molecule has 2 aromatic rings. The van der Waals surface area contributed by atoms with E-state index in [2.05, 4.69) is 29.1 Å². The fourth-order valence-corrected chi connectivity index (χ4v) is 1.59. The molecule has 0 unspecified atom stereocenters. The molecule has 98 valence electrons. The lowest BCUT2D eigenvalue weighted by molar-refractivity contribution is 0.415. The highest BCUT2D eigenvalue weighted by Gasteiger charge is 1.91. The molecule has 0 saturated heterocycles. The molecule has 0 fully saturated rings. The molecule has 0 amide bonds. The Morgan fingerprint density at radius 1 is 0.750 bits per heavy atom. The Kier molecular flexibility index (Phi) is 4.70. The second-order valence-corrected chi connectivity index (χ2v) is 4.06. The van der Waals surface area contributed by atoms with Crippen molar-refractivity contribution in [1.29, 1.82) is 0 Å². The van der Waals surface area contributed by atoms with Gasteiger partial charge in [0.15, 0.2) is 0 Å². The van der Waals surface area contributed by atoms with Crippen LogP contribution in [0.4, 0.5) is 0 Å². The first kappa shape index (κ1) is 13.6. The van der Waals surface area contributed by atoms with E-state index in [0.29, 0.717) is 0 Å². The summed E-state index contributed by atoms with van der Waals surface area (Å²) in [7, 11) is 3.45. The third-order valence-electron chi connectivity index (χ3n) is 2.66. The number of methoxy groups -OCH3 is 1. The van der Waals surface area contributed by atoms with Gasteiger partial charge in [-0.1, -0.05) is 11.8 Å². The zero-order valence-corrected chi connectivity index (χ0v) is 11.5. The lowest BCUT2D eigenvalue weighted by atomic mass is 10.1. The molecule has 0 spiro atoms. The Bertz CT molecular complexity index is 677. The average molecular weight is 261 g/mol. The van der Waals surface area contributed by atoms with E-state index < -0.39 is 0 Å². The number of rotatable bonds is 1. The quantitative estimate of drug-likeness (QED) is 0.629. The molecular weight excluding hydrogens is 246 g/mol. The molecule has 2 aromatic carbocycles. The highest BCUT2D eigenvalue weighted by Crippen LogP contribution is 2.10. The van der Waals surface area contributed by atoms with Crippen LogP contribution in [0.1, 0.15) is 16.7 Å². The van der Waals surface area contributed by atoms with E-state index >= 15 is 0 Å². The van der Waals surface area contributed by atoms with Crippen molar-refractivity contribution in [2.75, 3.05) is 14.2 Å². The SMILES string of the molecule is CNC#Cc1ccc(C#Cc2ccc(OC)cc2)cc1. The van der Waals surface area contributed by atoms with Crippen molar-refractivity contribution in [2.45, 2.75) is 0 Å². The molecule has 0 aliphatic carbocycles. The highest BCUT2D eigenvalue weighted by molar-refractivity contribution is 5.46. The molecule has 0 aliphatic rings. The summed E-state index contributed by atoms with van der Waals surface area (Å²) < 4.78 is 5.11. The normalized spacial score (nSPS) is 8.70. The highest BCUT2D eigenvalue weighted by atomic mass is 16.5. The van der Waals surface area contributed by atoms with Gasteiger partial charge in [0.2, 0.25) is 0 Å². The Balaban J connectivity index is 2.11. The van der Waals surface area contributed by atoms with Gasteiger partial charge in [-0.2, -0.15) is 0 Å². The van der Waals surface area contributed by atoms with Crippen molar-refractivity contribution < 1.29 is 4.74 Å². The zero-order chi connectivity index (χ0) is 14.2. The third kappa shape index (κ3) is 3.83. The van der Waals surface area contributed by atoms with Crippen molar-refractivity contribution in [3.8, 4) is 29.6 Å². The monoisotopic (exact) mass is 261 g/mol. The first-order valence-electron chi connectivity index (χ1n) is 6.26. The molecule has 0 saturated carbocycles. The van der Waals surface area contributed by atoms with Gasteiger partial charge in [-0.3, -0.25) is 0 Å². The summed E-state index contributed by atoms with van der Waals surface area (Å²) in [4.78, 5) is 0. The van der Waals surface area contributed by atoms with Crippen LogP contribution in [0.15, 0.2) is 48.5 Å². The van der Waals surface area contributed by atoms with Gasteiger partial charge >= 0.3 is 0 Å². The Morgan fingerprint density at radius 2 is 1.20 bits per heavy atom. The molecule has 0 radical (unpaired) electrons. The van der Waals surface area contributed by atoms with E-state index in [1.165, 1.54) is 0 Å². The number of hydrogen-bond acceptors (Lipinski definition) is 2. The van der Waals surface area contributed by atoms with E-state index in [9.17, 15) is 0 Å². The van der Waals surface area contributed by atoms with Crippen molar-refractivity contribution >= 4 is 0 Å². The van der Waals surface area contributed by atoms with E-state index in [1.54, 1.807) is 14.2 Å². The molecular formula is C18H15NO. The van der Waals surface area contributed by atoms with Crippen LogP contribution in [0, 0.1) is 23.8 Å². The molecule has 0 bridgehead atoms. The third-order valence-corrected chi connectivity index (χ3v) is 2.66. The minimum absolute atomic E-state index is 0.836. The summed E-state index contributed by atoms with van der Waals surface area (Å²) in [6.07, 6.45) is 0. The molecule has 1 N–H and O–H groups in total. The van der Waals surface area contributed by atoms with Crippen molar-refractivity contribution in [1.82, 2.24) is 5.32 Å². The topological polar surface area (TPSA) is 21.3 Å². The molecule has 0 atom stereocenters. The first-order chi connectivity index (χ1) is 9.81. The maximum absolute atomic E-state index is 5.11. The van der Waals surface area contributed by atoms with Gasteiger partial charge in [0.25, 0.3) is 0 Å². The van der Waals surface area contributed by atoms with E-state index in [1.807, 2.05) is 48.5 Å². The second kappa shape index (κ2) is 6.92. The van der Waals surface area contributed by atoms with Crippen LogP contribution in [-0.4, -0.2) is 14.2 Å². The standard InChI is InChI=1S/C18H15NO/c1-19-14-13-17-7-5-15(6-8-17)3-4-16-9-11-18(20-2)12-10-16/h5-12,19H,1-2H3. The summed E-state index contributed by atoms with van der Waals surface area (Å²) in [6, 6.07) is 18.4. The van der Waals surface area contributed by atoms with E-state index in [-0.39, 0.29) is 0 Å². The van der Waals surface area contributed by atoms with Gasteiger partial charge in [0.1, 0.15) is 5.75 Å². The minimum atomic E-state index is 0.836. The van der Waals surface area contributed by atoms with E-state index in [0.717, 1.165) is 22.4 Å². The van der Waals surface area contributed by atoms with Gasteiger partial charge in [0.05, 0.1) is 7.11 Å². The molecule has 2 nitrogen and oxygen atoms in total. The van der Waals surface area contributed by atoms with Crippen LogP contribution in [0.25, 0.3) is 0 Å². The fraction of sp³-hybridized carbons (Fsp3) is 0.111. The fourth-order valence-electron chi connectivity index (χ4n) is 1.59. The summed E-state index contributed by atoms with van der Waals surface area (Å²) in [6.45, 7) is 0. The van der Waals surface area contributed by atoms with Crippen molar-refractivity contribution in [3.63, 3.8) is 0 Å². The first-order valence-corrected chi connectivity index (χ1v) is 6.26. The van der Waals surface area contributed by atoms with Crippen LogP contribution in [0.2, 0.25) is 0 Å².